The zero-order chi connectivity index (χ0) is 9.19. The van der Waals surface area contributed by atoms with Gasteiger partial charge in [0.15, 0.2) is 0 Å². The zero-order valence-corrected chi connectivity index (χ0v) is 12.0. The van der Waals surface area contributed by atoms with Crippen molar-refractivity contribution in [2.45, 2.75) is 19.4 Å². The second-order valence-corrected chi connectivity index (χ2v) is 5.97. The summed E-state index contributed by atoms with van der Waals surface area (Å²) in [4.78, 5) is 2.59. The van der Waals surface area contributed by atoms with Crippen molar-refractivity contribution in [3.05, 3.63) is 0 Å². The minimum Gasteiger partial charge on any atom is -0.295 e. The molecule has 2 nitrogen and oxygen atoms in total. The average Bonchev–Trinajstić information content (AvgIpc) is 2.05. The smallest absolute Gasteiger partial charge is 0.0243 e. The van der Waals surface area contributed by atoms with Crippen molar-refractivity contribution in [1.29, 1.82) is 0 Å². The first-order valence-corrected chi connectivity index (χ1v) is 6.77. The molecule has 0 aromatic rings. The number of rotatable bonds is 2. The lowest BCUT2D eigenvalue weighted by Crippen LogP contribution is -2.53. The van der Waals surface area contributed by atoms with Gasteiger partial charge in [0, 0.05) is 59.0 Å². The highest BCUT2D eigenvalue weighted by Crippen LogP contribution is 2.20. The summed E-state index contributed by atoms with van der Waals surface area (Å²) < 4.78 is 3.59. The molecule has 0 unspecified atom stereocenters. The van der Waals surface area contributed by atoms with Gasteiger partial charge in [-0.05, 0) is 13.8 Å². The molecule has 1 fully saturated rings. The third-order valence-corrected chi connectivity index (χ3v) is 5.24. The molecule has 0 amide bonds. The molecule has 1 aliphatic heterocycles. The van der Waals surface area contributed by atoms with Gasteiger partial charge in [0.25, 0.3) is 0 Å². The number of piperazine rings is 1. The van der Waals surface area contributed by atoms with Crippen molar-refractivity contribution in [2.75, 3.05) is 30.6 Å². The van der Waals surface area contributed by atoms with Gasteiger partial charge in [0.05, 0.1) is 0 Å². The van der Waals surface area contributed by atoms with E-state index in [2.05, 4.69) is 67.3 Å². The van der Waals surface area contributed by atoms with Gasteiger partial charge in [0.2, 0.25) is 0 Å². The van der Waals surface area contributed by atoms with E-state index < -0.39 is 0 Å². The Morgan fingerprint density at radius 3 is 2.08 bits per heavy atom. The Morgan fingerprint density at radius 2 is 1.67 bits per heavy atom. The molecule has 0 atom stereocenters. The first kappa shape index (κ1) is 11.5. The number of hydrogen-bond donors (Lipinski definition) is 0. The highest BCUT2D eigenvalue weighted by molar-refractivity contribution is 14.1. The van der Waals surface area contributed by atoms with Crippen LogP contribution in [0.15, 0.2) is 0 Å². The lowest BCUT2D eigenvalue weighted by atomic mass is 10.1. The van der Waals surface area contributed by atoms with E-state index in [1.54, 1.807) is 0 Å². The third kappa shape index (κ3) is 2.95. The van der Waals surface area contributed by atoms with Crippen LogP contribution in [0, 0.1) is 0 Å². The van der Waals surface area contributed by atoms with Gasteiger partial charge in [-0.1, -0.05) is 22.6 Å². The number of nitrogens with zero attached hydrogens (tertiary/aromatic N) is 2. The Bertz CT molecular complexity index is 142. The van der Waals surface area contributed by atoms with E-state index in [9.17, 15) is 0 Å². The second-order valence-electron chi connectivity index (χ2n) is 3.84. The van der Waals surface area contributed by atoms with Crippen LogP contribution in [0.5, 0.6) is 0 Å². The molecule has 0 radical (unpaired) electrons. The first-order valence-electron chi connectivity index (χ1n) is 4.28. The molecule has 0 aliphatic carbocycles. The summed E-state index contributed by atoms with van der Waals surface area (Å²) in [5, 5.41) is 0. The fraction of sp³-hybridized carbons (Fsp3) is 1.00. The summed E-state index contributed by atoms with van der Waals surface area (Å²) in [5.41, 5.74) is 0.387. The molecule has 0 bridgehead atoms. The minimum atomic E-state index is 0.387. The SMILES string of the molecule is CC(C)(CI)N1CCN(I)CC1. The van der Waals surface area contributed by atoms with Crippen molar-refractivity contribution in [2.24, 2.45) is 0 Å². The fourth-order valence-electron chi connectivity index (χ4n) is 1.37. The lowest BCUT2D eigenvalue weighted by molar-refractivity contribution is 0.106. The molecule has 0 N–H and O–H groups in total. The Balaban J connectivity index is 2.44. The summed E-state index contributed by atoms with van der Waals surface area (Å²) in [6, 6.07) is 0. The summed E-state index contributed by atoms with van der Waals surface area (Å²) in [6.07, 6.45) is 0. The summed E-state index contributed by atoms with van der Waals surface area (Å²) in [6.45, 7) is 9.53. The van der Waals surface area contributed by atoms with Gasteiger partial charge < -0.3 is 0 Å². The molecular weight excluding hydrogens is 378 g/mol. The van der Waals surface area contributed by atoms with Crippen LogP contribution in [0.4, 0.5) is 0 Å². The molecule has 1 aliphatic rings. The van der Waals surface area contributed by atoms with Crippen LogP contribution in [0.3, 0.4) is 0 Å². The van der Waals surface area contributed by atoms with Crippen molar-refractivity contribution in [1.82, 2.24) is 8.01 Å². The monoisotopic (exact) mass is 394 g/mol. The largest absolute Gasteiger partial charge is 0.295 e. The van der Waals surface area contributed by atoms with E-state index in [1.807, 2.05) is 0 Å². The molecule has 0 aromatic carbocycles. The highest BCUT2D eigenvalue weighted by Gasteiger charge is 2.27. The first-order chi connectivity index (χ1) is 5.56. The van der Waals surface area contributed by atoms with Gasteiger partial charge in [-0.25, -0.2) is 3.11 Å². The average molecular weight is 394 g/mol. The fourth-order valence-corrected chi connectivity index (χ4v) is 2.29. The molecule has 4 heteroatoms. The van der Waals surface area contributed by atoms with Crippen LogP contribution >= 0.6 is 45.5 Å². The normalized spacial score (nSPS) is 23.0. The van der Waals surface area contributed by atoms with E-state index >= 15 is 0 Å². The molecule has 72 valence electrons. The van der Waals surface area contributed by atoms with Crippen LogP contribution in [-0.4, -0.2) is 44.2 Å². The van der Waals surface area contributed by atoms with Crippen molar-refractivity contribution in [3.63, 3.8) is 0 Å². The molecule has 1 heterocycles. The maximum atomic E-state index is 2.59. The van der Waals surface area contributed by atoms with Crippen LogP contribution in [0.2, 0.25) is 0 Å². The molecule has 0 spiro atoms. The second kappa shape index (κ2) is 4.75. The standard InChI is InChI=1S/C8H16I2N2/c1-8(2,7-9)11-3-5-12(10)6-4-11/h3-7H2,1-2H3. The van der Waals surface area contributed by atoms with Gasteiger partial charge >= 0.3 is 0 Å². The Kier molecular flexibility index (Phi) is 4.53. The Morgan fingerprint density at radius 1 is 1.17 bits per heavy atom. The zero-order valence-electron chi connectivity index (χ0n) is 7.69. The van der Waals surface area contributed by atoms with Crippen LogP contribution in [0.1, 0.15) is 13.8 Å². The quantitative estimate of drug-likeness (QED) is 0.403. The van der Waals surface area contributed by atoms with Gasteiger partial charge in [-0.3, -0.25) is 4.90 Å². The van der Waals surface area contributed by atoms with Crippen molar-refractivity contribution < 1.29 is 0 Å². The van der Waals surface area contributed by atoms with E-state index in [1.165, 1.54) is 30.6 Å². The van der Waals surface area contributed by atoms with Crippen molar-refractivity contribution in [3.8, 4) is 0 Å². The Hall–Kier alpha value is 1.38. The number of alkyl halides is 1. The third-order valence-electron chi connectivity index (χ3n) is 2.41. The predicted molar refractivity (Wildman–Crippen MR) is 70.1 cm³/mol. The number of halogens is 2. The highest BCUT2D eigenvalue weighted by atomic mass is 127. The van der Waals surface area contributed by atoms with E-state index in [0.29, 0.717) is 5.54 Å². The maximum Gasteiger partial charge on any atom is 0.0243 e. The van der Waals surface area contributed by atoms with Gasteiger partial charge in [-0.15, -0.1) is 0 Å². The molecular formula is C8H16I2N2. The van der Waals surface area contributed by atoms with E-state index in [-0.39, 0.29) is 0 Å². The van der Waals surface area contributed by atoms with Crippen LogP contribution < -0.4 is 0 Å². The van der Waals surface area contributed by atoms with E-state index in [4.69, 9.17) is 0 Å². The molecule has 1 rings (SSSR count). The van der Waals surface area contributed by atoms with Crippen LogP contribution in [0.25, 0.3) is 0 Å². The Labute approximate surface area is 103 Å². The molecule has 0 aromatic heterocycles. The summed E-state index contributed by atoms with van der Waals surface area (Å²) >= 11 is 4.89. The summed E-state index contributed by atoms with van der Waals surface area (Å²) in [5.74, 6) is 0. The van der Waals surface area contributed by atoms with E-state index in [0.717, 1.165) is 0 Å². The maximum absolute atomic E-state index is 2.59. The van der Waals surface area contributed by atoms with Crippen molar-refractivity contribution >= 4 is 45.5 Å². The van der Waals surface area contributed by atoms with Gasteiger partial charge in [0.1, 0.15) is 0 Å². The van der Waals surface area contributed by atoms with Crippen LogP contribution in [-0.2, 0) is 0 Å². The summed E-state index contributed by atoms with van der Waals surface area (Å²) in [7, 11) is 0. The number of hydrogen-bond acceptors (Lipinski definition) is 2. The molecule has 1 saturated heterocycles. The molecule has 0 saturated carbocycles. The lowest BCUT2D eigenvalue weighted by Gasteiger charge is -2.41. The van der Waals surface area contributed by atoms with Gasteiger partial charge in [-0.2, -0.15) is 0 Å². The minimum absolute atomic E-state index is 0.387. The topological polar surface area (TPSA) is 6.48 Å². The molecule has 12 heavy (non-hydrogen) atoms. The predicted octanol–water partition coefficient (Wildman–Crippen LogP) is 2.17.